The highest BCUT2D eigenvalue weighted by molar-refractivity contribution is 5.81. The molecule has 126 valence electrons. The predicted octanol–water partition coefficient (Wildman–Crippen LogP) is 3.14. The maximum Gasteiger partial charge on any atom is 0.333 e. The molecule has 0 amide bonds. The standard InChI is InChI=1S/C18H19NO5/c1-3-22-18(20)17(19-13-5-7-14(21-2)8-6-13)12-4-9-15-16(10-12)24-11-23-15/h4-10,17,19H,3,11H2,1-2H3/t17-/m0/s1. The number of fused-ring (bicyclic) bond motifs is 1. The Kier molecular flexibility index (Phi) is 4.74. The first-order valence-electron chi connectivity index (χ1n) is 7.68. The molecule has 1 atom stereocenters. The zero-order valence-electron chi connectivity index (χ0n) is 13.6. The average Bonchev–Trinajstić information content (AvgIpc) is 3.08. The van der Waals surface area contributed by atoms with Crippen molar-refractivity contribution in [3.63, 3.8) is 0 Å². The number of nitrogens with one attached hydrogen (secondary N) is 1. The molecule has 0 spiro atoms. The van der Waals surface area contributed by atoms with Crippen LogP contribution in [0.4, 0.5) is 5.69 Å². The molecule has 1 aliphatic heterocycles. The van der Waals surface area contributed by atoms with Gasteiger partial charge >= 0.3 is 5.97 Å². The molecular weight excluding hydrogens is 310 g/mol. The third-order valence-corrected chi connectivity index (χ3v) is 3.65. The van der Waals surface area contributed by atoms with E-state index in [1.165, 1.54) is 0 Å². The van der Waals surface area contributed by atoms with E-state index >= 15 is 0 Å². The quantitative estimate of drug-likeness (QED) is 0.821. The number of rotatable bonds is 6. The Hall–Kier alpha value is -2.89. The van der Waals surface area contributed by atoms with Crippen LogP contribution >= 0.6 is 0 Å². The highest BCUT2D eigenvalue weighted by Gasteiger charge is 2.24. The summed E-state index contributed by atoms with van der Waals surface area (Å²) in [6.07, 6.45) is 0. The summed E-state index contributed by atoms with van der Waals surface area (Å²) in [6.45, 7) is 2.28. The second-order valence-electron chi connectivity index (χ2n) is 5.17. The van der Waals surface area contributed by atoms with Crippen molar-refractivity contribution in [3.05, 3.63) is 48.0 Å². The topological polar surface area (TPSA) is 66.0 Å². The number of carbonyl (C=O) groups is 1. The molecule has 6 heteroatoms. The van der Waals surface area contributed by atoms with Crippen LogP contribution in [0, 0.1) is 0 Å². The van der Waals surface area contributed by atoms with Crippen LogP contribution in [0.3, 0.4) is 0 Å². The summed E-state index contributed by atoms with van der Waals surface area (Å²) in [5.74, 6) is 1.69. The van der Waals surface area contributed by atoms with E-state index in [1.54, 1.807) is 26.2 Å². The molecule has 24 heavy (non-hydrogen) atoms. The van der Waals surface area contributed by atoms with E-state index in [4.69, 9.17) is 18.9 Å². The van der Waals surface area contributed by atoms with Gasteiger partial charge in [0.05, 0.1) is 13.7 Å². The van der Waals surface area contributed by atoms with E-state index in [1.807, 2.05) is 30.3 Å². The van der Waals surface area contributed by atoms with E-state index in [2.05, 4.69) is 5.32 Å². The van der Waals surface area contributed by atoms with Gasteiger partial charge in [0.25, 0.3) is 0 Å². The monoisotopic (exact) mass is 329 g/mol. The van der Waals surface area contributed by atoms with Crippen molar-refractivity contribution in [2.24, 2.45) is 0 Å². The van der Waals surface area contributed by atoms with Gasteiger partial charge in [-0.3, -0.25) is 0 Å². The minimum Gasteiger partial charge on any atom is -0.497 e. The molecule has 0 aliphatic carbocycles. The number of carbonyl (C=O) groups excluding carboxylic acids is 1. The number of ether oxygens (including phenoxy) is 4. The van der Waals surface area contributed by atoms with E-state index in [9.17, 15) is 4.79 Å². The molecule has 0 saturated heterocycles. The molecule has 6 nitrogen and oxygen atoms in total. The first kappa shape index (κ1) is 16.0. The highest BCUT2D eigenvalue weighted by atomic mass is 16.7. The van der Waals surface area contributed by atoms with Crippen LogP contribution in [0.1, 0.15) is 18.5 Å². The molecule has 1 heterocycles. The van der Waals surface area contributed by atoms with Crippen LogP contribution in [-0.4, -0.2) is 26.5 Å². The summed E-state index contributed by atoms with van der Waals surface area (Å²) in [7, 11) is 1.61. The third kappa shape index (κ3) is 3.37. The number of methoxy groups -OCH3 is 1. The highest BCUT2D eigenvalue weighted by Crippen LogP contribution is 2.35. The number of esters is 1. The van der Waals surface area contributed by atoms with Gasteiger partial charge in [-0.2, -0.15) is 0 Å². The van der Waals surface area contributed by atoms with Crippen molar-refractivity contribution in [1.82, 2.24) is 0 Å². The average molecular weight is 329 g/mol. The van der Waals surface area contributed by atoms with Crippen molar-refractivity contribution >= 4 is 11.7 Å². The number of benzene rings is 2. The Bertz CT molecular complexity index is 714. The maximum atomic E-state index is 12.4. The largest absolute Gasteiger partial charge is 0.497 e. The second kappa shape index (κ2) is 7.12. The molecule has 0 radical (unpaired) electrons. The minimum absolute atomic E-state index is 0.189. The van der Waals surface area contributed by atoms with Crippen molar-refractivity contribution < 1.29 is 23.7 Å². The van der Waals surface area contributed by atoms with Crippen molar-refractivity contribution in [2.75, 3.05) is 25.8 Å². The Morgan fingerprint density at radius 2 is 1.92 bits per heavy atom. The van der Waals surface area contributed by atoms with Crippen LogP contribution in [0.2, 0.25) is 0 Å². The lowest BCUT2D eigenvalue weighted by atomic mass is 10.1. The molecule has 0 bridgehead atoms. The van der Waals surface area contributed by atoms with Gasteiger partial charge in [-0.15, -0.1) is 0 Å². The number of anilines is 1. The molecule has 0 aromatic heterocycles. The molecular formula is C18H19NO5. The van der Waals surface area contributed by atoms with Crippen LogP contribution in [0.25, 0.3) is 0 Å². The lowest BCUT2D eigenvalue weighted by Crippen LogP contribution is -2.23. The number of hydrogen-bond acceptors (Lipinski definition) is 6. The fourth-order valence-electron chi connectivity index (χ4n) is 2.45. The summed E-state index contributed by atoms with van der Waals surface area (Å²) in [6, 6.07) is 12.1. The lowest BCUT2D eigenvalue weighted by molar-refractivity contribution is -0.144. The normalized spacial score (nSPS) is 13.2. The van der Waals surface area contributed by atoms with Crippen LogP contribution in [0.5, 0.6) is 17.2 Å². The molecule has 1 aliphatic rings. The third-order valence-electron chi connectivity index (χ3n) is 3.65. The van der Waals surface area contributed by atoms with Gasteiger partial charge in [0, 0.05) is 5.69 Å². The molecule has 3 rings (SSSR count). The smallest absolute Gasteiger partial charge is 0.333 e. The van der Waals surface area contributed by atoms with E-state index in [-0.39, 0.29) is 12.8 Å². The minimum atomic E-state index is -0.646. The van der Waals surface area contributed by atoms with Crippen molar-refractivity contribution in [3.8, 4) is 17.2 Å². The van der Waals surface area contributed by atoms with Crippen LogP contribution < -0.4 is 19.5 Å². The number of hydrogen-bond donors (Lipinski definition) is 1. The van der Waals surface area contributed by atoms with E-state index < -0.39 is 6.04 Å². The summed E-state index contributed by atoms with van der Waals surface area (Å²) in [5, 5.41) is 3.20. The molecule has 2 aromatic carbocycles. The van der Waals surface area contributed by atoms with Gasteiger partial charge < -0.3 is 24.3 Å². The molecule has 0 saturated carbocycles. The molecule has 1 N–H and O–H groups in total. The van der Waals surface area contributed by atoms with Gasteiger partial charge in [-0.25, -0.2) is 4.79 Å². The molecule has 0 fully saturated rings. The van der Waals surface area contributed by atoms with Crippen molar-refractivity contribution in [1.29, 1.82) is 0 Å². The molecule has 2 aromatic rings. The SMILES string of the molecule is CCOC(=O)[C@@H](Nc1ccc(OC)cc1)c1ccc2c(c1)OCO2. The summed E-state index contributed by atoms with van der Waals surface area (Å²) in [4.78, 5) is 12.4. The van der Waals surface area contributed by atoms with Gasteiger partial charge in [0.2, 0.25) is 6.79 Å². The Morgan fingerprint density at radius 3 is 2.62 bits per heavy atom. The fraction of sp³-hybridized carbons (Fsp3) is 0.278. The molecule has 0 unspecified atom stereocenters. The first-order chi connectivity index (χ1) is 11.7. The lowest BCUT2D eigenvalue weighted by Gasteiger charge is -2.19. The maximum absolute atomic E-state index is 12.4. The van der Waals surface area contributed by atoms with E-state index in [0.29, 0.717) is 18.1 Å². The van der Waals surface area contributed by atoms with Crippen molar-refractivity contribution in [2.45, 2.75) is 13.0 Å². The van der Waals surface area contributed by atoms with Gasteiger partial charge in [0.15, 0.2) is 17.5 Å². The summed E-state index contributed by atoms with van der Waals surface area (Å²) >= 11 is 0. The van der Waals surface area contributed by atoms with Gasteiger partial charge in [-0.1, -0.05) is 6.07 Å². The fourth-order valence-corrected chi connectivity index (χ4v) is 2.45. The van der Waals surface area contributed by atoms with E-state index in [0.717, 1.165) is 17.0 Å². The summed E-state index contributed by atoms with van der Waals surface area (Å²) < 4.78 is 21.0. The Labute approximate surface area is 140 Å². The second-order valence-corrected chi connectivity index (χ2v) is 5.17. The summed E-state index contributed by atoms with van der Waals surface area (Å²) in [5.41, 5.74) is 1.53. The van der Waals surface area contributed by atoms with Crippen LogP contribution in [0.15, 0.2) is 42.5 Å². The Balaban J connectivity index is 1.86. The van der Waals surface area contributed by atoms with Crippen LogP contribution in [-0.2, 0) is 9.53 Å². The van der Waals surface area contributed by atoms with Gasteiger partial charge in [0.1, 0.15) is 5.75 Å². The Morgan fingerprint density at radius 1 is 1.17 bits per heavy atom. The first-order valence-corrected chi connectivity index (χ1v) is 7.68. The predicted molar refractivity (Wildman–Crippen MR) is 88.6 cm³/mol. The zero-order valence-corrected chi connectivity index (χ0v) is 13.6. The zero-order chi connectivity index (χ0) is 16.9. The van der Waals surface area contributed by atoms with Gasteiger partial charge in [-0.05, 0) is 48.9 Å².